The Morgan fingerprint density at radius 2 is 2.09 bits per heavy atom. The molecule has 1 atom stereocenters. The van der Waals surface area contributed by atoms with Gasteiger partial charge in [0, 0.05) is 6.04 Å². The molecule has 0 aromatic rings. The molecule has 0 radical (unpaired) electrons. The van der Waals surface area contributed by atoms with Crippen molar-refractivity contribution in [3.05, 3.63) is 0 Å². The van der Waals surface area contributed by atoms with Crippen LogP contribution in [0, 0.1) is 5.92 Å². The van der Waals surface area contributed by atoms with Gasteiger partial charge in [-0.3, -0.25) is 15.6 Å². The molecule has 0 spiro atoms. The van der Waals surface area contributed by atoms with E-state index in [1.165, 1.54) is 0 Å². The van der Waals surface area contributed by atoms with Gasteiger partial charge >= 0.3 is 5.97 Å². The SMILES string of the molecule is CNN[C@H](CC(=O)O)C(C)C. The summed E-state index contributed by atoms with van der Waals surface area (Å²) in [5.74, 6) is -0.454. The van der Waals surface area contributed by atoms with Crippen LogP contribution in [0.15, 0.2) is 0 Å². The standard InChI is InChI=1S/C7H16N2O2/c1-5(2)6(9-8-3)4-7(10)11/h5-6,8-9H,4H2,1-3H3,(H,10,11)/t6-/m1/s1. The number of hydrogen-bond donors (Lipinski definition) is 3. The zero-order chi connectivity index (χ0) is 8.85. The van der Waals surface area contributed by atoms with Crippen LogP contribution in [0.2, 0.25) is 0 Å². The number of hydrazine groups is 1. The summed E-state index contributed by atoms with van der Waals surface area (Å²) in [6.07, 6.45) is 0.151. The second-order valence-corrected chi connectivity index (χ2v) is 2.84. The van der Waals surface area contributed by atoms with E-state index in [0.717, 1.165) is 0 Å². The van der Waals surface area contributed by atoms with E-state index < -0.39 is 5.97 Å². The topological polar surface area (TPSA) is 61.4 Å². The van der Waals surface area contributed by atoms with Gasteiger partial charge in [0.2, 0.25) is 0 Å². The van der Waals surface area contributed by atoms with Crippen molar-refractivity contribution in [2.75, 3.05) is 7.05 Å². The summed E-state index contributed by atoms with van der Waals surface area (Å²) in [5.41, 5.74) is 5.62. The summed E-state index contributed by atoms with van der Waals surface area (Å²) in [7, 11) is 1.73. The van der Waals surface area contributed by atoms with Crippen molar-refractivity contribution in [3.8, 4) is 0 Å². The first-order valence-corrected chi connectivity index (χ1v) is 3.72. The van der Waals surface area contributed by atoms with Gasteiger partial charge in [-0.1, -0.05) is 13.8 Å². The number of rotatable bonds is 5. The fourth-order valence-corrected chi connectivity index (χ4v) is 0.827. The van der Waals surface area contributed by atoms with E-state index in [-0.39, 0.29) is 12.5 Å². The number of carboxylic acid groups (broad SMARTS) is 1. The normalized spacial score (nSPS) is 13.5. The molecule has 0 fully saturated rings. The van der Waals surface area contributed by atoms with Crippen LogP contribution in [0.1, 0.15) is 20.3 Å². The molecule has 4 nitrogen and oxygen atoms in total. The third-order valence-corrected chi connectivity index (χ3v) is 1.53. The van der Waals surface area contributed by atoms with Crippen LogP contribution in [-0.2, 0) is 4.79 Å². The minimum absolute atomic E-state index is 0.00231. The molecule has 0 aliphatic rings. The lowest BCUT2D eigenvalue weighted by molar-refractivity contribution is -0.137. The van der Waals surface area contributed by atoms with Gasteiger partial charge in [0.25, 0.3) is 0 Å². The Morgan fingerprint density at radius 1 is 1.55 bits per heavy atom. The molecule has 66 valence electrons. The van der Waals surface area contributed by atoms with Gasteiger partial charge in [0.05, 0.1) is 6.42 Å². The largest absolute Gasteiger partial charge is 0.481 e. The van der Waals surface area contributed by atoms with Gasteiger partial charge in [-0.15, -0.1) is 0 Å². The van der Waals surface area contributed by atoms with Crippen LogP contribution in [0.25, 0.3) is 0 Å². The highest BCUT2D eigenvalue weighted by atomic mass is 16.4. The summed E-state index contributed by atoms with van der Waals surface area (Å²) in [6.45, 7) is 3.97. The number of carboxylic acids is 1. The lowest BCUT2D eigenvalue weighted by Crippen LogP contribution is -2.42. The Hall–Kier alpha value is -0.610. The van der Waals surface area contributed by atoms with Crippen LogP contribution in [0.3, 0.4) is 0 Å². The van der Waals surface area contributed by atoms with E-state index in [1.54, 1.807) is 7.05 Å². The van der Waals surface area contributed by atoms with Crippen molar-refractivity contribution in [2.24, 2.45) is 5.92 Å². The van der Waals surface area contributed by atoms with Gasteiger partial charge in [0.1, 0.15) is 0 Å². The molecule has 0 bridgehead atoms. The first-order valence-electron chi connectivity index (χ1n) is 3.72. The molecule has 0 aromatic heterocycles. The Balaban J connectivity index is 3.79. The lowest BCUT2D eigenvalue weighted by Gasteiger charge is -2.19. The Bertz CT molecular complexity index is 126. The maximum atomic E-state index is 10.3. The van der Waals surface area contributed by atoms with E-state index in [0.29, 0.717) is 5.92 Å². The minimum Gasteiger partial charge on any atom is -0.481 e. The van der Waals surface area contributed by atoms with Crippen molar-refractivity contribution in [1.82, 2.24) is 10.9 Å². The smallest absolute Gasteiger partial charge is 0.304 e. The zero-order valence-corrected chi connectivity index (χ0v) is 7.22. The highest BCUT2D eigenvalue weighted by Crippen LogP contribution is 2.04. The maximum absolute atomic E-state index is 10.3. The maximum Gasteiger partial charge on any atom is 0.304 e. The number of aliphatic carboxylic acids is 1. The first-order chi connectivity index (χ1) is 5.07. The van der Waals surface area contributed by atoms with Crippen LogP contribution < -0.4 is 10.9 Å². The van der Waals surface area contributed by atoms with Gasteiger partial charge < -0.3 is 5.11 Å². The number of carbonyl (C=O) groups is 1. The van der Waals surface area contributed by atoms with Gasteiger partial charge in [0.15, 0.2) is 0 Å². The lowest BCUT2D eigenvalue weighted by atomic mass is 10.0. The first kappa shape index (κ1) is 10.4. The van der Waals surface area contributed by atoms with Gasteiger partial charge in [-0.2, -0.15) is 0 Å². The monoisotopic (exact) mass is 160 g/mol. The molecule has 0 rings (SSSR count). The van der Waals surface area contributed by atoms with Crippen molar-refractivity contribution < 1.29 is 9.90 Å². The van der Waals surface area contributed by atoms with Crippen molar-refractivity contribution >= 4 is 5.97 Å². The van der Waals surface area contributed by atoms with E-state index in [4.69, 9.17) is 5.11 Å². The molecule has 0 saturated carbocycles. The zero-order valence-electron chi connectivity index (χ0n) is 7.22. The van der Waals surface area contributed by atoms with Crippen LogP contribution >= 0.6 is 0 Å². The fraction of sp³-hybridized carbons (Fsp3) is 0.857. The average molecular weight is 160 g/mol. The molecule has 0 aliphatic carbocycles. The molecule has 0 heterocycles. The molecule has 0 amide bonds. The molecule has 4 heteroatoms. The fourth-order valence-electron chi connectivity index (χ4n) is 0.827. The summed E-state index contributed by atoms with van der Waals surface area (Å²) in [4.78, 5) is 10.3. The summed E-state index contributed by atoms with van der Waals surface area (Å²) < 4.78 is 0. The van der Waals surface area contributed by atoms with Crippen LogP contribution in [0.4, 0.5) is 0 Å². The molecular formula is C7H16N2O2. The predicted molar refractivity (Wildman–Crippen MR) is 43.1 cm³/mol. The molecule has 3 N–H and O–H groups in total. The molecule has 0 unspecified atom stereocenters. The van der Waals surface area contributed by atoms with E-state index in [1.807, 2.05) is 13.8 Å². The third-order valence-electron chi connectivity index (χ3n) is 1.53. The van der Waals surface area contributed by atoms with Crippen molar-refractivity contribution in [3.63, 3.8) is 0 Å². The van der Waals surface area contributed by atoms with Gasteiger partial charge in [-0.05, 0) is 13.0 Å². The Labute approximate surface area is 67.0 Å². The van der Waals surface area contributed by atoms with Crippen LogP contribution in [-0.4, -0.2) is 24.2 Å². The highest BCUT2D eigenvalue weighted by molar-refractivity contribution is 5.67. The van der Waals surface area contributed by atoms with Crippen LogP contribution in [0.5, 0.6) is 0 Å². The predicted octanol–water partition coefficient (Wildman–Crippen LogP) is 0.210. The summed E-state index contributed by atoms with van der Waals surface area (Å²) in [6, 6.07) is -0.00231. The van der Waals surface area contributed by atoms with E-state index in [9.17, 15) is 4.79 Å². The molecule has 0 aliphatic heterocycles. The van der Waals surface area contributed by atoms with Crippen molar-refractivity contribution in [2.45, 2.75) is 26.3 Å². The molecule has 0 aromatic carbocycles. The minimum atomic E-state index is -0.772. The summed E-state index contributed by atoms with van der Waals surface area (Å²) in [5, 5.41) is 8.49. The van der Waals surface area contributed by atoms with E-state index >= 15 is 0 Å². The van der Waals surface area contributed by atoms with Crippen molar-refractivity contribution in [1.29, 1.82) is 0 Å². The molecule has 11 heavy (non-hydrogen) atoms. The Morgan fingerprint density at radius 3 is 2.36 bits per heavy atom. The second-order valence-electron chi connectivity index (χ2n) is 2.84. The van der Waals surface area contributed by atoms with Gasteiger partial charge in [-0.25, -0.2) is 0 Å². The molecular weight excluding hydrogens is 144 g/mol. The summed E-state index contributed by atoms with van der Waals surface area (Å²) >= 11 is 0. The Kier molecular flexibility index (Phi) is 4.81. The average Bonchev–Trinajstić information content (AvgIpc) is 1.86. The quantitative estimate of drug-likeness (QED) is 0.503. The second kappa shape index (κ2) is 5.09. The number of hydrogen-bond acceptors (Lipinski definition) is 3. The molecule has 0 saturated heterocycles. The third kappa shape index (κ3) is 4.75. The highest BCUT2D eigenvalue weighted by Gasteiger charge is 2.15. The van der Waals surface area contributed by atoms with E-state index in [2.05, 4.69) is 10.9 Å². The number of nitrogens with one attached hydrogen (secondary N) is 2.